The van der Waals surface area contributed by atoms with Crippen LogP contribution in [0.4, 0.5) is 11.4 Å². The first-order valence-corrected chi connectivity index (χ1v) is 5.98. The Morgan fingerprint density at radius 3 is 2.50 bits per heavy atom. The molecule has 0 amide bonds. The fourth-order valence-corrected chi connectivity index (χ4v) is 2.15. The average molecular weight is 244 g/mol. The Balaban J connectivity index is 3.07. The lowest BCUT2D eigenvalue weighted by atomic mass is 10.3. The predicted molar refractivity (Wildman–Crippen MR) is 60.7 cm³/mol. The summed E-state index contributed by atoms with van der Waals surface area (Å²) in [4.78, 5) is 10.4. The molecule has 0 aromatic heterocycles. The number of rotatable bonds is 4. The Hall–Kier alpha value is -1.76. The van der Waals surface area contributed by atoms with Crippen LogP contribution < -0.4 is 10.0 Å². The quantitative estimate of drug-likeness (QED) is 0.732. The fraction of sp³-hybridized carbons (Fsp3) is 0.222. The van der Waals surface area contributed by atoms with E-state index in [1.807, 2.05) is 0 Å². The molecule has 1 rings (SSSR count). The maximum Gasteiger partial charge on any atom is 0.320 e. The van der Waals surface area contributed by atoms with Gasteiger partial charge in [0.2, 0.25) is 10.0 Å². The Morgan fingerprint density at radius 2 is 2.00 bits per heavy atom. The number of aliphatic carboxylic acids is 1. The second kappa shape index (κ2) is 4.40. The molecule has 0 aliphatic heterocycles. The lowest BCUT2D eigenvalue weighted by Crippen LogP contribution is -2.32. The molecule has 0 aliphatic carbocycles. The Morgan fingerprint density at radius 1 is 1.44 bits per heavy atom. The Bertz CT molecular complexity index is 498. The molecular formula is C9H12N2O4S. The lowest BCUT2D eigenvalue weighted by Gasteiger charge is -2.19. The largest absolute Gasteiger partial charge is 0.480 e. The van der Waals surface area contributed by atoms with Crippen LogP contribution in [-0.2, 0) is 14.8 Å². The van der Waals surface area contributed by atoms with Crippen LogP contribution in [0, 0.1) is 0 Å². The zero-order valence-corrected chi connectivity index (χ0v) is 9.44. The Labute approximate surface area is 93.3 Å². The first kappa shape index (κ1) is 12.3. The second-order valence-electron chi connectivity index (χ2n) is 3.18. The highest BCUT2D eigenvalue weighted by molar-refractivity contribution is 7.93. The van der Waals surface area contributed by atoms with Crippen LogP contribution in [0.1, 0.15) is 0 Å². The summed E-state index contributed by atoms with van der Waals surface area (Å²) in [6.45, 7) is 0. The summed E-state index contributed by atoms with van der Waals surface area (Å²) < 4.78 is 24.0. The van der Waals surface area contributed by atoms with Gasteiger partial charge in [-0.25, -0.2) is 8.42 Å². The highest BCUT2D eigenvalue weighted by atomic mass is 32.2. The summed E-state index contributed by atoms with van der Waals surface area (Å²) in [5.41, 5.74) is 6.14. The van der Waals surface area contributed by atoms with E-state index in [2.05, 4.69) is 0 Å². The third kappa shape index (κ3) is 2.63. The van der Waals surface area contributed by atoms with E-state index in [1.54, 1.807) is 18.2 Å². The summed E-state index contributed by atoms with van der Waals surface area (Å²) in [5.74, 6) is -2.36. The van der Waals surface area contributed by atoms with Gasteiger partial charge in [-0.1, -0.05) is 12.1 Å². The second-order valence-corrected chi connectivity index (χ2v) is 5.18. The first-order chi connectivity index (χ1) is 7.34. The number of carboxylic acid groups (broad SMARTS) is 1. The third-order valence-electron chi connectivity index (χ3n) is 2.00. The smallest absolute Gasteiger partial charge is 0.320 e. The molecule has 6 nitrogen and oxygen atoms in total. The number of carboxylic acids is 1. The highest BCUT2D eigenvalue weighted by Crippen LogP contribution is 2.23. The molecule has 0 saturated heterocycles. The van der Waals surface area contributed by atoms with Gasteiger partial charge in [-0.3, -0.25) is 9.10 Å². The standard InChI is InChI=1S/C9H12N2O4S/c1-11(16(14,15)6-9(12)13)8-5-3-2-4-7(8)10/h2-5H,6,10H2,1H3,(H,12,13). The summed E-state index contributed by atoms with van der Waals surface area (Å²) in [6.07, 6.45) is 0. The number of nitrogens with two attached hydrogens (primary N) is 1. The van der Waals surface area contributed by atoms with Crippen LogP contribution >= 0.6 is 0 Å². The van der Waals surface area contributed by atoms with Gasteiger partial charge in [0.1, 0.15) is 0 Å². The van der Waals surface area contributed by atoms with Crippen LogP contribution in [0.15, 0.2) is 24.3 Å². The molecule has 1 aromatic rings. The molecular weight excluding hydrogens is 232 g/mol. The topological polar surface area (TPSA) is 101 Å². The monoisotopic (exact) mass is 244 g/mol. The van der Waals surface area contributed by atoms with Crippen molar-refractivity contribution in [2.45, 2.75) is 0 Å². The summed E-state index contributed by atoms with van der Waals surface area (Å²) in [5, 5.41) is 8.48. The number of para-hydroxylation sites is 2. The van der Waals surface area contributed by atoms with Crippen LogP contribution in [0.5, 0.6) is 0 Å². The number of nitrogen functional groups attached to an aromatic ring is 1. The van der Waals surface area contributed by atoms with Gasteiger partial charge in [0.25, 0.3) is 0 Å². The number of hydrogen-bond acceptors (Lipinski definition) is 4. The number of nitrogens with zero attached hydrogens (tertiary/aromatic N) is 1. The van der Waals surface area contributed by atoms with Gasteiger partial charge in [-0.05, 0) is 12.1 Å². The number of benzene rings is 1. The average Bonchev–Trinajstić information content (AvgIpc) is 2.15. The van der Waals surface area contributed by atoms with Gasteiger partial charge in [0.15, 0.2) is 5.75 Å². The minimum Gasteiger partial charge on any atom is -0.480 e. The van der Waals surface area contributed by atoms with Gasteiger partial charge in [-0.2, -0.15) is 0 Å². The normalized spacial score (nSPS) is 11.1. The number of carbonyl (C=O) groups is 1. The molecule has 0 fully saturated rings. The van der Waals surface area contributed by atoms with Crippen LogP contribution in [0.2, 0.25) is 0 Å². The Kier molecular flexibility index (Phi) is 3.38. The van der Waals surface area contributed by atoms with Crippen molar-refractivity contribution in [1.29, 1.82) is 0 Å². The zero-order valence-electron chi connectivity index (χ0n) is 8.62. The van der Waals surface area contributed by atoms with Crippen molar-refractivity contribution in [3.8, 4) is 0 Å². The minimum atomic E-state index is -3.88. The van der Waals surface area contributed by atoms with Crippen molar-refractivity contribution in [3.05, 3.63) is 24.3 Å². The zero-order chi connectivity index (χ0) is 12.3. The van der Waals surface area contributed by atoms with E-state index in [0.29, 0.717) is 0 Å². The van der Waals surface area contributed by atoms with E-state index in [9.17, 15) is 13.2 Å². The van der Waals surface area contributed by atoms with Crippen LogP contribution in [0.25, 0.3) is 0 Å². The molecule has 7 heteroatoms. The third-order valence-corrected chi connectivity index (χ3v) is 3.64. The van der Waals surface area contributed by atoms with Gasteiger partial charge in [0.05, 0.1) is 11.4 Å². The van der Waals surface area contributed by atoms with E-state index in [4.69, 9.17) is 10.8 Å². The lowest BCUT2D eigenvalue weighted by molar-refractivity contribution is -0.134. The van der Waals surface area contributed by atoms with E-state index < -0.39 is 21.7 Å². The molecule has 3 N–H and O–H groups in total. The van der Waals surface area contributed by atoms with Crippen molar-refractivity contribution in [2.75, 3.05) is 22.8 Å². The van der Waals surface area contributed by atoms with Crippen molar-refractivity contribution in [2.24, 2.45) is 0 Å². The SMILES string of the molecule is CN(c1ccccc1N)S(=O)(=O)CC(=O)O. The molecule has 0 atom stereocenters. The molecule has 0 radical (unpaired) electrons. The van der Waals surface area contributed by atoms with Gasteiger partial charge >= 0.3 is 5.97 Å². The molecule has 88 valence electrons. The summed E-state index contributed by atoms with van der Waals surface area (Å²) in [6, 6.07) is 6.34. The van der Waals surface area contributed by atoms with Crippen LogP contribution in [-0.4, -0.2) is 32.3 Å². The molecule has 0 heterocycles. The van der Waals surface area contributed by atoms with Crippen molar-refractivity contribution in [3.63, 3.8) is 0 Å². The summed E-state index contributed by atoms with van der Waals surface area (Å²) >= 11 is 0. The summed E-state index contributed by atoms with van der Waals surface area (Å²) in [7, 11) is -2.61. The van der Waals surface area contributed by atoms with Crippen molar-refractivity contribution < 1.29 is 18.3 Å². The van der Waals surface area contributed by atoms with Crippen LogP contribution in [0.3, 0.4) is 0 Å². The molecule has 16 heavy (non-hydrogen) atoms. The molecule has 0 saturated carbocycles. The van der Waals surface area contributed by atoms with Gasteiger partial charge in [-0.15, -0.1) is 0 Å². The van der Waals surface area contributed by atoms with Crippen molar-refractivity contribution in [1.82, 2.24) is 0 Å². The predicted octanol–water partition coefficient (Wildman–Crippen LogP) is 0.119. The number of hydrogen-bond donors (Lipinski definition) is 2. The highest BCUT2D eigenvalue weighted by Gasteiger charge is 2.23. The minimum absolute atomic E-state index is 0.267. The fourth-order valence-electron chi connectivity index (χ4n) is 1.18. The first-order valence-electron chi connectivity index (χ1n) is 4.37. The van der Waals surface area contributed by atoms with Gasteiger partial charge < -0.3 is 10.8 Å². The molecule has 0 bridgehead atoms. The maximum atomic E-state index is 11.6. The number of sulfonamides is 1. The van der Waals surface area contributed by atoms with E-state index in [0.717, 1.165) is 4.31 Å². The molecule has 0 unspecified atom stereocenters. The maximum absolute atomic E-state index is 11.6. The molecule has 0 aliphatic rings. The van der Waals surface area contributed by atoms with Crippen molar-refractivity contribution >= 4 is 27.4 Å². The molecule has 1 aromatic carbocycles. The van der Waals surface area contributed by atoms with E-state index >= 15 is 0 Å². The van der Waals surface area contributed by atoms with Gasteiger partial charge in [0, 0.05) is 7.05 Å². The number of anilines is 2. The van der Waals surface area contributed by atoms with E-state index in [-0.39, 0.29) is 11.4 Å². The van der Waals surface area contributed by atoms with E-state index in [1.165, 1.54) is 13.1 Å². The molecule has 0 spiro atoms.